The number of nitrogens with one attached hydrogen (secondary N) is 1. The van der Waals surface area contributed by atoms with Crippen LogP contribution < -0.4 is 5.32 Å². The lowest BCUT2D eigenvalue weighted by Gasteiger charge is -2.44. The van der Waals surface area contributed by atoms with E-state index in [-0.39, 0.29) is 12.5 Å². The molecule has 1 aliphatic rings. The fourth-order valence-electron chi connectivity index (χ4n) is 2.21. The third kappa shape index (κ3) is 3.18. The number of hydrogen-bond donors (Lipinski definition) is 2. The summed E-state index contributed by atoms with van der Waals surface area (Å²) in [7, 11) is 4.48. The summed E-state index contributed by atoms with van der Waals surface area (Å²) in [6.45, 7) is 1.18. The number of methoxy groups -OCH3 is 3. The Bertz CT molecular complexity index is 274. The lowest BCUT2D eigenvalue weighted by molar-refractivity contribution is -0.271. The normalized spacial score (nSPS) is 36.4. The molecule has 0 aromatic carbocycles. The summed E-state index contributed by atoms with van der Waals surface area (Å²) >= 11 is 0. The highest BCUT2D eigenvalue weighted by Gasteiger charge is 2.47. The van der Waals surface area contributed by atoms with Gasteiger partial charge in [-0.2, -0.15) is 0 Å². The van der Waals surface area contributed by atoms with Gasteiger partial charge in [0.1, 0.15) is 24.4 Å². The zero-order valence-electron chi connectivity index (χ0n) is 11.1. The number of rotatable bonds is 5. The predicted molar refractivity (Wildman–Crippen MR) is 62.0 cm³/mol. The zero-order valence-corrected chi connectivity index (χ0v) is 11.1. The van der Waals surface area contributed by atoms with Gasteiger partial charge in [-0.25, -0.2) is 0 Å². The minimum atomic E-state index is -0.692. The van der Waals surface area contributed by atoms with Crippen LogP contribution in [0.5, 0.6) is 0 Å². The van der Waals surface area contributed by atoms with Gasteiger partial charge in [0.2, 0.25) is 5.91 Å². The maximum atomic E-state index is 11.2. The second-order valence-electron chi connectivity index (χ2n) is 4.09. The van der Waals surface area contributed by atoms with Gasteiger partial charge in [-0.05, 0) is 0 Å². The number of carbonyl (C=O) groups excluding carboxylic acids is 1. The van der Waals surface area contributed by atoms with Crippen molar-refractivity contribution in [1.82, 2.24) is 5.32 Å². The highest BCUT2D eigenvalue weighted by molar-refractivity contribution is 5.73. The molecule has 1 saturated heterocycles. The van der Waals surface area contributed by atoms with Crippen LogP contribution in [0.15, 0.2) is 0 Å². The Balaban J connectivity index is 2.92. The highest BCUT2D eigenvalue weighted by atomic mass is 16.7. The van der Waals surface area contributed by atoms with Crippen LogP contribution in [0.4, 0.5) is 0 Å². The molecule has 0 aliphatic carbocycles. The summed E-state index contributed by atoms with van der Waals surface area (Å²) < 4.78 is 21.4. The summed E-state index contributed by atoms with van der Waals surface area (Å²) in [6, 6.07) is -0.495. The van der Waals surface area contributed by atoms with E-state index in [1.54, 1.807) is 0 Å². The first kappa shape index (κ1) is 15.3. The Morgan fingerprint density at radius 2 is 1.83 bits per heavy atom. The summed E-state index contributed by atoms with van der Waals surface area (Å²) in [4.78, 5) is 11.2. The van der Waals surface area contributed by atoms with Crippen molar-refractivity contribution in [3.05, 3.63) is 0 Å². The zero-order chi connectivity index (χ0) is 13.7. The molecule has 106 valence electrons. The molecule has 18 heavy (non-hydrogen) atoms. The first-order valence-electron chi connectivity index (χ1n) is 5.70. The van der Waals surface area contributed by atoms with Gasteiger partial charge in [0, 0.05) is 28.3 Å². The molecule has 0 spiro atoms. The molecule has 7 heteroatoms. The molecule has 0 aromatic rings. The summed E-state index contributed by atoms with van der Waals surface area (Å²) in [6.07, 6.45) is -2.20. The third-order valence-electron chi connectivity index (χ3n) is 2.97. The topological polar surface area (TPSA) is 86.2 Å². The van der Waals surface area contributed by atoms with Crippen LogP contribution in [-0.2, 0) is 23.7 Å². The lowest BCUT2D eigenvalue weighted by atomic mass is 9.96. The Kier molecular flexibility index (Phi) is 5.97. The quantitative estimate of drug-likeness (QED) is 0.654. The molecule has 0 radical (unpaired) electrons. The van der Waals surface area contributed by atoms with Crippen LogP contribution in [-0.4, -0.2) is 69.6 Å². The maximum Gasteiger partial charge on any atom is 0.217 e. The van der Waals surface area contributed by atoms with E-state index >= 15 is 0 Å². The second-order valence-corrected chi connectivity index (χ2v) is 4.09. The Hall–Kier alpha value is -0.730. The first-order chi connectivity index (χ1) is 8.58. The number of carbonyl (C=O) groups is 1. The lowest BCUT2D eigenvalue weighted by Crippen LogP contribution is -2.65. The number of aliphatic hydroxyl groups excluding tert-OH is 1. The van der Waals surface area contributed by atoms with Gasteiger partial charge in [-0.1, -0.05) is 0 Å². The summed E-state index contributed by atoms with van der Waals surface area (Å²) in [5, 5.41) is 12.0. The average molecular weight is 263 g/mol. The van der Waals surface area contributed by atoms with Gasteiger partial charge in [-0.3, -0.25) is 4.79 Å². The van der Waals surface area contributed by atoms with E-state index in [4.69, 9.17) is 18.9 Å². The summed E-state index contributed by atoms with van der Waals surface area (Å²) in [5.74, 6) is -0.218. The highest BCUT2D eigenvalue weighted by Crippen LogP contribution is 2.25. The van der Waals surface area contributed by atoms with Crippen molar-refractivity contribution in [1.29, 1.82) is 0 Å². The van der Waals surface area contributed by atoms with E-state index in [0.29, 0.717) is 0 Å². The molecule has 0 unspecified atom stereocenters. The van der Waals surface area contributed by atoms with Crippen LogP contribution in [0.25, 0.3) is 0 Å². The van der Waals surface area contributed by atoms with Crippen molar-refractivity contribution in [3.63, 3.8) is 0 Å². The van der Waals surface area contributed by atoms with Gasteiger partial charge in [0.15, 0.2) is 6.29 Å². The van der Waals surface area contributed by atoms with E-state index in [2.05, 4.69) is 5.32 Å². The summed E-state index contributed by atoms with van der Waals surface area (Å²) in [5.41, 5.74) is 0. The molecule has 1 rings (SSSR count). The van der Waals surface area contributed by atoms with Gasteiger partial charge in [-0.15, -0.1) is 0 Å². The molecule has 0 aromatic heterocycles. The molecule has 1 aliphatic heterocycles. The van der Waals surface area contributed by atoms with Gasteiger partial charge in [0.05, 0.1) is 6.61 Å². The van der Waals surface area contributed by atoms with Crippen LogP contribution >= 0.6 is 0 Å². The van der Waals surface area contributed by atoms with Crippen molar-refractivity contribution in [3.8, 4) is 0 Å². The van der Waals surface area contributed by atoms with Crippen LogP contribution in [0.3, 0.4) is 0 Å². The number of ether oxygens (including phenoxy) is 4. The van der Waals surface area contributed by atoms with Gasteiger partial charge >= 0.3 is 0 Å². The van der Waals surface area contributed by atoms with Gasteiger partial charge < -0.3 is 29.4 Å². The number of hydrogen-bond acceptors (Lipinski definition) is 6. The van der Waals surface area contributed by atoms with Crippen molar-refractivity contribution < 1.29 is 28.8 Å². The second kappa shape index (κ2) is 7.01. The number of aliphatic hydroxyl groups is 1. The van der Waals surface area contributed by atoms with Crippen molar-refractivity contribution in [2.75, 3.05) is 27.9 Å². The standard InChI is InChI=1S/C11H21NO6/c1-6(14)12-8-10(16-3)9(15-2)7(5-13)18-11(8)17-4/h7-11,13H,5H2,1-4H3,(H,12,14)/t7-,8-,9-,10-,11+/m1/s1. The van der Waals surface area contributed by atoms with E-state index in [0.717, 1.165) is 0 Å². The van der Waals surface area contributed by atoms with Gasteiger partial charge in [0.25, 0.3) is 0 Å². The minimum absolute atomic E-state index is 0.217. The van der Waals surface area contributed by atoms with E-state index in [1.165, 1.54) is 28.3 Å². The van der Waals surface area contributed by atoms with Crippen LogP contribution in [0.1, 0.15) is 6.92 Å². The fraction of sp³-hybridized carbons (Fsp3) is 0.909. The molecule has 1 fully saturated rings. The molecule has 0 saturated carbocycles. The molecule has 0 bridgehead atoms. The van der Waals surface area contributed by atoms with Crippen molar-refractivity contribution >= 4 is 5.91 Å². The molecule has 5 atom stereocenters. The van der Waals surface area contributed by atoms with E-state index in [9.17, 15) is 9.90 Å². The fourth-order valence-corrected chi connectivity index (χ4v) is 2.21. The molecular formula is C11H21NO6. The Morgan fingerprint density at radius 3 is 2.22 bits per heavy atom. The molecule has 7 nitrogen and oxygen atoms in total. The van der Waals surface area contributed by atoms with Crippen molar-refractivity contribution in [2.24, 2.45) is 0 Å². The molecular weight excluding hydrogens is 242 g/mol. The van der Waals surface area contributed by atoms with Crippen LogP contribution in [0.2, 0.25) is 0 Å². The van der Waals surface area contributed by atoms with E-state index in [1.807, 2.05) is 0 Å². The van der Waals surface area contributed by atoms with Crippen LogP contribution in [0, 0.1) is 0 Å². The maximum absolute atomic E-state index is 11.2. The predicted octanol–water partition coefficient (Wildman–Crippen LogP) is -1.12. The SMILES string of the molecule is CO[C@H]1O[C@H](CO)[C@@H](OC)[C@H](OC)[C@H]1NC(C)=O. The third-order valence-corrected chi connectivity index (χ3v) is 2.97. The molecule has 1 amide bonds. The smallest absolute Gasteiger partial charge is 0.217 e. The molecule has 1 heterocycles. The Morgan fingerprint density at radius 1 is 1.22 bits per heavy atom. The first-order valence-corrected chi connectivity index (χ1v) is 5.70. The van der Waals surface area contributed by atoms with E-state index < -0.39 is 30.6 Å². The molecule has 2 N–H and O–H groups in total. The van der Waals surface area contributed by atoms with Crippen molar-refractivity contribution in [2.45, 2.75) is 37.6 Å². The minimum Gasteiger partial charge on any atom is -0.394 e. The largest absolute Gasteiger partial charge is 0.394 e. The average Bonchev–Trinajstić information content (AvgIpc) is 2.36. The monoisotopic (exact) mass is 263 g/mol. The Labute approximate surface area is 106 Å². The number of amides is 1.